The Morgan fingerprint density at radius 1 is 1.33 bits per heavy atom. The van der Waals surface area contributed by atoms with Gasteiger partial charge in [0, 0.05) is 21.4 Å². The minimum atomic E-state index is -0.625. The lowest BCUT2D eigenvalue weighted by molar-refractivity contribution is -0.138. The summed E-state index contributed by atoms with van der Waals surface area (Å²) in [7, 11) is 0. The second-order valence-corrected chi connectivity index (χ2v) is 7.39. The van der Waals surface area contributed by atoms with Crippen molar-refractivity contribution in [1.82, 2.24) is 5.32 Å². The molecule has 1 aromatic carbocycles. The van der Waals surface area contributed by atoms with Crippen molar-refractivity contribution in [2.75, 3.05) is 6.61 Å². The molecule has 0 heterocycles. The zero-order chi connectivity index (χ0) is 17.5. The number of nitrogens with one attached hydrogen (secondary N) is 1. The second-order valence-electron chi connectivity index (χ2n) is 5.73. The Labute approximate surface area is 161 Å². The van der Waals surface area contributed by atoms with Crippen LogP contribution >= 0.6 is 34.2 Å². The molecule has 0 atom stereocenters. The molecule has 1 N–H and O–H groups in total. The Morgan fingerprint density at radius 2 is 2.04 bits per heavy atom. The van der Waals surface area contributed by atoms with Crippen molar-refractivity contribution >= 4 is 45.9 Å². The summed E-state index contributed by atoms with van der Waals surface area (Å²) < 4.78 is 5.96. The maximum atomic E-state index is 12.8. The van der Waals surface area contributed by atoms with Crippen molar-refractivity contribution in [2.45, 2.75) is 45.1 Å². The Hall–Kier alpha value is -1.08. The van der Waals surface area contributed by atoms with Gasteiger partial charge in [-0.15, -0.1) is 0 Å². The molecule has 0 spiro atoms. The highest BCUT2D eigenvalue weighted by Crippen LogP contribution is 2.23. The van der Waals surface area contributed by atoms with E-state index >= 15 is 0 Å². The lowest BCUT2D eigenvalue weighted by Gasteiger charge is -2.22. The van der Waals surface area contributed by atoms with E-state index in [0.29, 0.717) is 16.6 Å². The molecular weight excluding hydrogens is 441 g/mol. The van der Waals surface area contributed by atoms with Gasteiger partial charge in [-0.3, -0.25) is 4.79 Å². The number of halogens is 2. The van der Waals surface area contributed by atoms with Gasteiger partial charge in [-0.1, -0.05) is 30.9 Å². The summed E-state index contributed by atoms with van der Waals surface area (Å²) in [5.74, 6) is -1.04. The average molecular weight is 462 g/mol. The molecule has 1 aromatic rings. The van der Waals surface area contributed by atoms with Gasteiger partial charge in [0.15, 0.2) is 0 Å². The predicted octanol–water partition coefficient (Wildman–Crippen LogP) is 4.50. The number of carbonyl (C=O) groups is 2. The van der Waals surface area contributed by atoms with Crippen LogP contribution in [0.3, 0.4) is 0 Å². The molecule has 0 amide bonds. The maximum absolute atomic E-state index is 12.8. The summed E-state index contributed by atoms with van der Waals surface area (Å²) in [6.07, 6.45) is 7.17. The van der Waals surface area contributed by atoms with Gasteiger partial charge in [0.05, 0.1) is 11.6 Å². The van der Waals surface area contributed by atoms with Crippen LogP contribution < -0.4 is 5.32 Å². The van der Waals surface area contributed by atoms with Crippen LogP contribution in [0.25, 0.3) is 0 Å². The van der Waals surface area contributed by atoms with Crippen LogP contribution in [0.2, 0.25) is 5.02 Å². The SMILES string of the molecule is CCOC(=O)/C(=C\NC1CCCCC1)C(=O)c1ccc(I)cc1Cl. The molecule has 24 heavy (non-hydrogen) atoms. The zero-order valence-corrected chi connectivity index (χ0v) is 16.5. The maximum Gasteiger partial charge on any atom is 0.343 e. The lowest BCUT2D eigenvalue weighted by atomic mass is 9.95. The first-order valence-electron chi connectivity index (χ1n) is 8.16. The number of Topliss-reactive ketones (excluding diaryl/α,β-unsaturated/α-hetero) is 1. The van der Waals surface area contributed by atoms with E-state index in [1.54, 1.807) is 25.1 Å². The van der Waals surface area contributed by atoms with Crippen LogP contribution in [0.15, 0.2) is 30.0 Å². The molecule has 130 valence electrons. The highest BCUT2D eigenvalue weighted by molar-refractivity contribution is 14.1. The molecule has 0 aliphatic heterocycles. The van der Waals surface area contributed by atoms with Gasteiger partial charge < -0.3 is 10.1 Å². The third-order valence-corrected chi connectivity index (χ3v) is 4.97. The lowest BCUT2D eigenvalue weighted by Crippen LogP contribution is -2.29. The summed E-state index contributed by atoms with van der Waals surface area (Å²) in [6.45, 7) is 1.93. The Bertz CT molecular complexity index is 639. The van der Waals surface area contributed by atoms with Crippen LogP contribution in [0.1, 0.15) is 49.4 Å². The second kappa shape index (κ2) is 9.42. The number of esters is 1. The van der Waals surface area contributed by atoms with Gasteiger partial charge in [-0.25, -0.2) is 4.79 Å². The van der Waals surface area contributed by atoms with Crippen molar-refractivity contribution in [3.8, 4) is 0 Å². The van der Waals surface area contributed by atoms with Gasteiger partial charge in [0.2, 0.25) is 5.78 Å². The molecule has 0 bridgehead atoms. The average Bonchev–Trinajstić information content (AvgIpc) is 2.56. The Balaban J connectivity index is 2.23. The molecule has 0 saturated heterocycles. The Kier molecular flexibility index (Phi) is 7.55. The number of hydrogen-bond acceptors (Lipinski definition) is 4. The quantitative estimate of drug-likeness (QED) is 0.169. The highest BCUT2D eigenvalue weighted by atomic mass is 127. The molecule has 1 saturated carbocycles. The summed E-state index contributed by atoms with van der Waals surface area (Å²) in [6, 6.07) is 5.42. The van der Waals surface area contributed by atoms with Gasteiger partial charge in [-0.2, -0.15) is 0 Å². The number of ether oxygens (including phenoxy) is 1. The molecule has 0 unspecified atom stereocenters. The molecule has 1 fully saturated rings. The van der Waals surface area contributed by atoms with Gasteiger partial charge in [0.25, 0.3) is 0 Å². The fraction of sp³-hybridized carbons (Fsp3) is 0.444. The first-order chi connectivity index (χ1) is 11.5. The number of ketones is 1. The first-order valence-corrected chi connectivity index (χ1v) is 9.61. The zero-order valence-electron chi connectivity index (χ0n) is 13.6. The molecule has 1 aliphatic rings. The first kappa shape index (κ1) is 19.2. The number of rotatable bonds is 6. The van der Waals surface area contributed by atoms with Crippen LogP contribution in [0, 0.1) is 3.57 Å². The summed E-state index contributed by atoms with van der Waals surface area (Å²) >= 11 is 8.29. The van der Waals surface area contributed by atoms with Crippen molar-refractivity contribution in [3.05, 3.63) is 44.1 Å². The predicted molar refractivity (Wildman–Crippen MR) is 103 cm³/mol. The Morgan fingerprint density at radius 3 is 2.67 bits per heavy atom. The van der Waals surface area contributed by atoms with Crippen molar-refractivity contribution in [3.63, 3.8) is 0 Å². The largest absolute Gasteiger partial charge is 0.462 e. The van der Waals surface area contributed by atoms with E-state index < -0.39 is 11.8 Å². The molecule has 4 nitrogen and oxygen atoms in total. The molecule has 2 rings (SSSR count). The van der Waals surface area contributed by atoms with Crippen molar-refractivity contribution in [1.29, 1.82) is 0 Å². The smallest absolute Gasteiger partial charge is 0.343 e. The van der Waals surface area contributed by atoms with Gasteiger partial charge in [-0.05, 0) is 60.6 Å². The van der Waals surface area contributed by atoms with E-state index in [1.807, 2.05) is 0 Å². The van der Waals surface area contributed by atoms with Crippen LogP contribution in [-0.4, -0.2) is 24.4 Å². The normalized spacial score (nSPS) is 15.9. The van der Waals surface area contributed by atoms with Crippen molar-refractivity contribution < 1.29 is 14.3 Å². The van der Waals surface area contributed by atoms with Crippen LogP contribution in [-0.2, 0) is 9.53 Å². The monoisotopic (exact) mass is 461 g/mol. The fourth-order valence-corrected chi connectivity index (χ4v) is 3.66. The minimum Gasteiger partial charge on any atom is -0.462 e. The molecule has 1 aliphatic carbocycles. The van der Waals surface area contributed by atoms with E-state index in [0.717, 1.165) is 29.3 Å². The summed E-state index contributed by atoms with van der Waals surface area (Å²) in [5.41, 5.74) is 0.298. The van der Waals surface area contributed by atoms with Gasteiger partial charge in [0.1, 0.15) is 5.57 Å². The topological polar surface area (TPSA) is 55.4 Å². The molecule has 0 aromatic heterocycles. The number of carbonyl (C=O) groups excluding carboxylic acids is 2. The molecule has 0 radical (unpaired) electrons. The minimum absolute atomic E-state index is 0.00877. The fourth-order valence-electron chi connectivity index (χ4n) is 2.72. The molecule has 6 heteroatoms. The highest BCUT2D eigenvalue weighted by Gasteiger charge is 2.24. The van der Waals surface area contributed by atoms with E-state index in [4.69, 9.17) is 16.3 Å². The number of hydrogen-bond donors (Lipinski definition) is 1. The third-order valence-electron chi connectivity index (χ3n) is 3.98. The molecular formula is C18H21ClINO3. The van der Waals surface area contributed by atoms with E-state index in [-0.39, 0.29) is 12.2 Å². The summed E-state index contributed by atoms with van der Waals surface area (Å²) in [5, 5.41) is 3.55. The van der Waals surface area contributed by atoms with Gasteiger partial charge >= 0.3 is 5.97 Å². The van der Waals surface area contributed by atoms with Crippen LogP contribution in [0.5, 0.6) is 0 Å². The van der Waals surface area contributed by atoms with E-state index in [1.165, 1.54) is 12.6 Å². The van der Waals surface area contributed by atoms with E-state index in [9.17, 15) is 9.59 Å². The third kappa shape index (κ3) is 5.21. The summed E-state index contributed by atoms with van der Waals surface area (Å²) in [4.78, 5) is 25.0. The number of benzene rings is 1. The van der Waals surface area contributed by atoms with E-state index in [2.05, 4.69) is 27.9 Å². The van der Waals surface area contributed by atoms with Crippen molar-refractivity contribution in [2.24, 2.45) is 0 Å². The van der Waals surface area contributed by atoms with Crippen LogP contribution in [0.4, 0.5) is 0 Å². The standard InChI is InChI=1S/C18H21ClINO3/c1-2-24-18(23)15(11-21-13-6-4-3-5-7-13)17(22)14-9-8-12(20)10-16(14)19/h8-11,13,21H,2-7H2,1H3/b15-11-.